The van der Waals surface area contributed by atoms with Crippen molar-refractivity contribution in [3.8, 4) is 0 Å². The number of rotatable bonds is 5. The van der Waals surface area contributed by atoms with Crippen LogP contribution in [0.4, 0.5) is 0 Å². The number of hydrogen-bond donors (Lipinski definition) is 1. The van der Waals surface area contributed by atoms with Gasteiger partial charge < -0.3 is 9.52 Å². The fraction of sp³-hybridized carbons (Fsp3) is 0.467. The van der Waals surface area contributed by atoms with E-state index in [1.54, 1.807) is 17.6 Å². The van der Waals surface area contributed by atoms with E-state index in [4.69, 9.17) is 4.42 Å². The van der Waals surface area contributed by atoms with Crippen molar-refractivity contribution in [1.29, 1.82) is 0 Å². The third-order valence-corrected chi connectivity index (χ3v) is 4.67. The molecule has 0 spiro atoms. The van der Waals surface area contributed by atoms with E-state index < -0.39 is 6.10 Å². The molecule has 0 bridgehead atoms. The SMILES string of the molecule is O[C@@H](C[C@@H]1CCCN1Cc1cccs1)c1ccco1. The maximum atomic E-state index is 10.2. The standard InChI is InChI=1S/C15H19NO2S/c17-14(15-6-2-8-18-15)10-12-4-1-7-16(12)11-13-5-3-9-19-13/h2-3,5-6,8-9,12,14,17H,1,4,7,10-11H2/t12-,14-/m0/s1. The molecule has 0 saturated carbocycles. The van der Waals surface area contributed by atoms with Gasteiger partial charge in [-0.2, -0.15) is 0 Å². The first-order valence-electron chi connectivity index (χ1n) is 6.81. The van der Waals surface area contributed by atoms with Gasteiger partial charge in [0.05, 0.1) is 6.26 Å². The van der Waals surface area contributed by atoms with E-state index in [2.05, 4.69) is 22.4 Å². The van der Waals surface area contributed by atoms with Crippen LogP contribution in [0.2, 0.25) is 0 Å². The van der Waals surface area contributed by atoms with E-state index in [9.17, 15) is 5.11 Å². The molecule has 4 heteroatoms. The molecule has 0 amide bonds. The Morgan fingerprint density at radius 2 is 2.37 bits per heavy atom. The summed E-state index contributed by atoms with van der Waals surface area (Å²) in [6, 6.07) is 8.42. The normalized spacial score (nSPS) is 21.8. The van der Waals surface area contributed by atoms with Crippen LogP contribution in [0.3, 0.4) is 0 Å². The maximum Gasteiger partial charge on any atom is 0.132 e. The lowest BCUT2D eigenvalue weighted by Gasteiger charge is -2.25. The van der Waals surface area contributed by atoms with E-state index in [-0.39, 0.29) is 0 Å². The highest BCUT2D eigenvalue weighted by Gasteiger charge is 2.28. The molecule has 3 rings (SSSR count). The predicted octanol–water partition coefficient (Wildman–Crippen LogP) is 3.43. The van der Waals surface area contributed by atoms with Gasteiger partial charge in [0.2, 0.25) is 0 Å². The van der Waals surface area contributed by atoms with Crippen molar-refractivity contribution in [2.45, 2.75) is 38.0 Å². The van der Waals surface area contributed by atoms with Crippen LogP contribution in [-0.2, 0) is 6.54 Å². The summed E-state index contributed by atoms with van der Waals surface area (Å²) >= 11 is 1.81. The summed E-state index contributed by atoms with van der Waals surface area (Å²) in [4.78, 5) is 3.89. The Morgan fingerprint density at radius 3 is 3.11 bits per heavy atom. The highest BCUT2D eigenvalue weighted by molar-refractivity contribution is 7.09. The molecule has 3 heterocycles. The largest absolute Gasteiger partial charge is 0.467 e. The van der Waals surface area contributed by atoms with Crippen molar-refractivity contribution >= 4 is 11.3 Å². The zero-order valence-corrected chi connectivity index (χ0v) is 11.7. The summed E-state index contributed by atoms with van der Waals surface area (Å²) in [7, 11) is 0. The highest BCUT2D eigenvalue weighted by Crippen LogP contribution is 2.29. The van der Waals surface area contributed by atoms with E-state index in [1.807, 2.05) is 12.1 Å². The summed E-state index contributed by atoms with van der Waals surface area (Å²) < 4.78 is 5.28. The molecule has 0 radical (unpaired) electrons. The van der Waals surface area contributed by atoms with Crippen molar-refractivity contribution in [2.24, 2.45) is 0 Å². The fourth-order valence-corrected chi connectivity index (χ4v) is 3.56. The van der Waals surface area contributed by atoms with Gasteiger partial charge in [0.25, 0.3) is 0 Å². The van der Waals surface area contributed by atoms with Crippen LogP contribution < -0.4 is 0 Å². The lowest BCUT2D eigenvalue weighted by Crippen LogP contribution is -2.30. The first-order chi connectivity index (χ1) is 9.33. The minimum Gasteiger partial charge on any atom is -0.467 e. The first-order valence-corrected chi connectivity index (χ1v) is 7.69. The third-order valence-electron chi connectivity index (χ3n) is 3.81. The molecule has 1 saturated heterocycles. The lowest BCUT2D eigenvalue weighted by atomic mass is 10.1. The van der Waals surface area contributed by atoms with Crippen LogP contribution in [0.5, 0.6) is 0 Å². The Morgan fingerprint density at radius 1 is 1.42 bits per heavy atom. The number of likely N-dealkylation sites (tertiary alicyclic amines) is 1. The molecule has 0 unspecified atom stereocenters. The zero-order chi connectivity index (χ0) is 13.1. The van der Waals surface area contributed by atoms with Gasteiger partial charge in [-0.05, 0) is 49.4 Å². The zero-order valence-electron chi connectivity index (χ0n) is 10.9. The molecule has 2 aromatic heterocycles. The Hall–Kier alpha value is -1.10. The first kappa shape index (κ1) is 12.9. The Balaban J connectivity index is 1.60. The number of aliphatic hydroxyl groups excluding tert-OH is 1. The molecular weight excluding hydrogens is 258 g/mol. The highest BCUT2D eigenvalue weighted by atomic mass is 32.1. The van der Waals surface area contributed by atoms with Crippen LogP contribution in [0.25, 0.3) is 0 Å². The van der Waals surface area contributed by atoms with Crippen molar-refractivity contribution in [3.63, 3.8) is 0 Å². The molecule has 0 aliphatic carbocycles. The summed E-state index contributed by atoms with van der Waals surface area (Å²) in [5, 5.41) is 12.3. The minimum absolute atomic E-state index is 0.460. The van der Waals surface area contributed by atoms with Gasteiger partial charge in [-0.25, -0.2) is 0 Å². The number of hydrogen-bond acceptors (Lipinski definition) is 4. The number of aliphatic hydroxyl groups is 1. The molecule has 19 heavy (non-hydrogen) atoms. The number of thiophene rings is 1. The monoisotopic (exact) mass is 277 g/mol. The molecule has 102 valence electrons. The van der Waals surface area contributed by atoms with E-state index in [0.29, 0.717) is 11.8 Å². The smallest absolute Gasteiger partial charge is 0.132 e. The Labute approximate surface area is 117 Å². The van der Waals surface area contributed by atoms with Gasteiger partial charge in [-0.3, -0.25) is 4.90 Å². The molecule has 1 aliphatic rings. The van der Waals surface area contributed by atoms with Crippen LogP contribution in [0, 0.1) is 0 Å². The predicted molar refractivity (Wildman–Crippen MR) is 76.0 cm³/mol. The third kappa shape index (κ3) is 3.08. The molecule has 1 N–H and O–H groups in total. The molecular formula is C15H19NO2S. The molecule has 1 aliphatic heterocycles. The van der Waals surface area contributed by atoms with Crippen LogP contribution in [0.15, 0.2) is 40.3 Å². The Bertz CT molecular complexity index is 480. The average molecular weight is 277 g/mol. The van der Waals surface area contributed by atoms with Crippen LogP contribution >= 0.6 is 11.3 Å². The lowest BCUT2D eigenvalue weighted by molar-refractivity contribution is 0.0998. The summed E-state index contributed by atoms with van der Waals surface area (Å²) in [5.41, 5.74) is 0. The van der Waals surface area contributed by atoms with Crippen molar-refractivity contribution in [1.82, 2.24) is 4.90 Å². The van der Waals surface area contributed by atoms with Gasteiger partial charge in [-0.1, -0.05) is 6.07 Å². The topological polar surface area (TPSA) is 36.6 Å². The second-order valence-electron chi connectivity index (χ2n) is 5.11. The molecule has 2 aromatic rings. The van der Waals surface area contributed by atoms with Gasteiger partial charge in [-0.15, -0.1) is 11.3 Å². The molecule has 1 fully saturated rings. The van der Waals surface area contributed by atoms with Crippen molar-refractivity contribution in [3.05, 3.63) is 46.5 Å². The van der Waals surface area contributed by atoms with E-state index >= 15 is 0 Å². The van der Waals surface area contributed by atoms with Crippen molar-refractivity contribution in [2.75, 3.05) is 6.54 Å². The summed E-state index contributed by atoms with van der Waals surface area (Å²) in [6.45, 7) is 2.14. The second kappa shape index (κ2) is 5.90. The maximum absolute atomic E-state index is 10.2. The molecule has 0 aromatic carbocycles. The molecule has 2 atom stereocenters. The average Bonchev–Trinajstić information content (AvgIpc) is 3.12. The summed E-state index contributed by atoms with van der Waals surface area (Å²) in [6.07, 6.45) is 4.29. The quantitative estimate of drug-likeness (QED) is 0.909. The van der Waals surface area contributed by atoms with E-state index in [1.165, 1.54) is 17.7 Å². The van der Waals surface area contributed by atoms with Crippen LogP contribution in [0.1, 0.15) is 36.0 Å². The Kier molecular flexibility index (Phi) is 4.01. The van der Waals surface area contributed by atoms with Gasteiger partial charge in [0, 0.05) is 17.5 Å². The number of nitrogens with zero attached hydrogens (tertiary/aromatic N) is 1. The second-order valence-corrected chi connectivity index (χ2v) is 6.15. The van der Waals surface area contributed by atoms with Gasteiger partial charge in [0.1, 0.15) is 11.9 Å². The summed E-state index contributed by atoms with van der Waals surface area (Å²) in [5.74, 6) is 0.683. The van der Waals surface area contributed by atoms with Gasteiger partial charge in [0.15, 0.2) is 0 Å². The van der Waals surface area contributed by atoms with Crippen molar-refractivity contribution < 1.29 is 9.52 Å². The number of furan rings is 1. The van der Waals surface area contributed by atoms with E-state index in [0.717, 1.165) is 19.5 Å². The van der Waals surface area contributed by atoms with Gasteiger partial charge >= 0.3 is 0 Å². The fourth-order valence-electron chi connectivity index (χ4n) is 2.83. The minimum atomic E-state index is -0.482. The van der Waals surface area contributed by atoms with Crippen LogP contribution in [-0.4, -0.2) is 22.6 Å². The molecule has 3 nitrogen and oxygen atoms in total.